The Bertz CT molecular complexity index is 1430. The highest BCUT2D eigenvalue weighted by Gasteiger charge is 2.15. The molecule has 4 heteroatoms. The van der Waals surface area contributed by atoms with Gasteiger partial charge in [0, 0.05) is 28.2 Å². The van der Waals surface area contributed by atoms with E-state index in [1.807, 2.05) is 37.4 Å². The average Bonchev–Trinajstić information content (AvgIpc) is 2.84. The molecule has 0 N–H and O–H groups in total. The van der Waals surface area contributed by atoms with Crippen LogP contribution in [0, 0.1) is 6.92 Å². The molecule has 0 saturated carbocycles. The van der Waals surface area contributed by atoms with E-state index in [-0.39, 0.29) is 7.43 Å². The summed E-state index contributed by atoms with van der Waals surface area (Å²) < 4.78 is 11.2. The van der Waals surface area contributed by atoms with Crippen molar-refractivity contribution in [1.29, 1.82) is 0 Å². The summed E-state index contributed by atoms with van der Waals surface area (Å²) >= 11 is 0. The molecule has 166 valence electrons. The normalized spacial score (nSPS) is 10.8. The molecular weight excluding hydrogens is 408 g/mol. The second kappa shape index (κ2) is 9.29. The predicted molar refractivity (Wildman–Crippen MR) is 136 cm³/mol. The standard InChI is InChI=1S/C28H24N2O2.CH4/c1-18-9-11-21-13-19(10-12-25(21)30-18)14-22-17-29-28(20-7-5-4-6-8-20)24-16-27(32-3)26(31-2)15-23(22)24;/h4-13,15-17H,14H2,1-3H3;1H4. The fourth-order valence-corrected chi connectivity index (χ4v) is 4.20. The van der Waals surface area contributed by atoms with Crippen molar-refractivity contribution in [2.24, 2.45) is 0 Å². The lowest BCUT2D eigenvalue weighted by Gasteiger charge is -2.15. The third kappa shape index (κ3) is 4.24. The number of aryl methyl sites for hydroxylation is 1. The number of nitrogens with zero attached hydrogens (tertiary/aromatic N) is 2. The van der Waals surface area contributed by atoms with Crippen LogP contribution in [-0.4, -0.2) is 24.2 Å². The first-order chi connectivity index (χ1) is 15.7. The number of ether oxygens (including phenoxy) is 2. The first-order valence-electron chi connectivity index (χ1n) is 10.6. The number of aromatic nitrogens is 2. The molecule has 5 rings (SSSR count). The maximum Gasteiger partial charge on any atom is 0.161 e. The van der Waals surface area contributed by atoms with E-state index < -0.39 is 0 Å². The van der Waals surface area contributed by atoms with Gasteiger partial charge in [0.15, 0.2) is 11.5 Å². The molecule has 5 aromatic rings. The molecular formula is C29H28N2O2. The van der Waals surface area contributed by atoms with Crippen LogP contribution in [0.25, 0.3) is 32.9 Å². The number of fused-ring (bicyclic) bond motifs is 2. The minimum absolute atomic E-state index is 0. The van der Waals surface area contributed by atoms with Crippen LogP contribution in [0.2, 0.25) is 0 Å². The third-order valence-corrected chi connectivity index (χ3v) is 5.81. The number of rotatable bonds is 5. The Morgan fingerprint density at radius 3 is 2.24 bits per heavy atom. The highest BCUT2D eigenvalue weighted by molar-refractivity contribution is 5.98. The predicted octanol–water partition coefficient (Wildman–Crippen LogP) is 7.00. The van der Waals surface area contributed by atoms with Gasteiger partial charge >= 0.3 is 0 Å². The molecule has 0 aliphatic rings. The molecule has 33 heavy (non-hydrogen) atoms. The van der Waals surface area contributed by atoms with Crippen molar-refractivity contribution in [3.63, 3.8) is 0 Å². The van der Waals surface area contributed by atoms with Crippen LogP contribution in [0.1, 0.15) is 24.2 Å². The summed E-state index contributed by atoms with van der Waals surface area (Å²) in [4.78, 5) is 9.49. The average molecular weight is 437 g/mol. The van der Waals surface area contributed by atoms with E-state index in [0.717, 1.165) is 50.6 Å². The van der Waals surface area contributed by atoms with Crippen molar-refractivity contribution in [1.82, 2.24) is 9.97 Å². The van der Waals surface area contributed by atoms with Crippen LogP contribution in [0.3, 0.4) is 0 Å². The molecule has 2 heterocycles. The summed E-state index contributed by atoms with van der Waals surface area (Å²) in [5.41, 5.74) is 6.40. The van der Waals surface area contributed by atoms with Gasteiger partial charge in [0.1, 0.15) is 0 Å². The number of hydrogen-bond acceptors (Lipinski definition) is 4. The molecule has 3 aromatic carbocycles. The van der Waals surface area contributed by atoms with Crippen LogP contribution < -0.4 is 9.47 Å². The summed E-state index contributed by atoms with van der Waals surface area (Å²) in [6.07, 6.45) is 2.74. The highest BCUT2D eigenvalue weighted by Crippen LogP contribution is 2.38. The molecule has 4 nitrogen and oxygen atoms in total. The fourth-order valence-electron chi connectivity index (χ4n) is 4.20. The van der Waals surface area contributed by atoms with Gasteiger partial charge in [-0.05, 0) is 60.2 Å². The van der Waals surface area contributed by atoms with E-state index >= 15 is 0 Å². The zero-order chi connectivity index (χ0) is 22.1. The highest BCUT2D eigenvalue weighted by atomic mass is 16.5. The van der Waals surface area contributed by atoms with E-state index in [0.29, 0.717) is 11.5 Å². The Hall–Kier alpha value is -3.92. The lowest BCUT2D eigenvalue weighted by atomic mass is 9.96. The molecule has 0 atom stereocenters. The van der Waals surface area contributed by atoms with E-state index in [1.54, 1.807) is 14.2 Å². The largest absolute Gasteiger partial charge is 0.493 e. The molecule has 2 aromatic heterocycles. The van der Waals surface area contributed by atoms with Crippen molar-refractivity contribution >= 4 is 21.7 Å². The molecule has 0 aliphatic heterocycles. The van der Waals surface area contributed by atoms with E-state index in [4.69, 9.17) is 14.5 Å². The molecule has 0 bridgehead atoms. The quantitative estimate of drug-likeness (QED) is 0.297. The topological polar surface area (TPSA) is 44.2 Å². The molecule has 0 fully saturated rings. The minimum atomic E-state index is 0. The van der Waals surface area contributed by atoms with Gasteiger partial charge in [0.05, 0.1) is 25.4 Å². The van der Waals surface area contributed by atoms with E-state index in [1.165, 1.54) is 5.56 Å². The van der Waals surface area contributed by atoms with Gasteiger partial charge in [-0.1, -0.05) is 49.9 Å². The molecule has 0 spiro atoms. The second-order valence-electron chi connectivity index (χ2n) is 7.91. The Labute approximate surface area is 194 Å². The van der Waals surface area contributed by atoms with Crippen molar-refractivity contribution in [3.05, 3.63) is 95.8 Å². The number of methoxy groups -OCH3 is 2. The molecule has 0 amide bonds. The van der Waals surface area contributed by atoms with Gasteiger partial charge in [-0.3, -0.25) is 9.97 Å². The van der Waals surface area contributed by atoms with Gasteiger partial charge in [-0.2, -0.15) is 0 Å². The summed E-state index contributed by atoms with van der Waals surface area (Å²) in [6.45, 7) is 2.01. The van der Waals surface area contributed by atoms with Gasteiger partial charge in [0.25, 0.3) is 0 Å². The van der Waals surface area contributed by atoms with Crippen LogP contribution in [0.5, 0.6) is 11.5 Å². The Morgan fingerprint density at radius 1 is 0.788 bits per heavy atom. The summed E-state index contributed by atoms with van der Waals surface area (Å²) in [7, 11) is 3.33. The van der Waals surface area contributed by atoms with Gasteiger partial charge in [-0.15, -0.1) is 0 Å². The zero-order valence-corrected chi connectivity index (χ0v) is 18.4. The van der Waals surface area contributed by atoms with Gasteiger partial charge < -0.3 is 9.47 Å². The van der Waals surface area contributed by atoms with Crippen molar-refractivity contribution in [2.45, 2.75) is 20.8 Å². The van der Waals surface area contributed by atoms with Gasteiger partial charge in [-0.25, -0.2) is 0 Å². The van der Waals surface area contributed by atoms with E-state index in [9.17, 15) is 0 Å². The first-order valence-corrected chi connectivity index (χ1v) is 10.6. The Kier molecular flexibility index (Phi) is 6.27. The number of benzene rings is 3. The zero-order valence-electron chi connectivity index (χ0n) is 18.4. The summed E-state index contributed by atoms with van der Waals surface area (Å²) in [5.74, 6) is 1.41. The summed E-state index contributed by atoms with van der Waals surface area (Å²) in [6, 6.07) is 24.9. The van der Waals surface area contributed by atoms with Crippen LogP contribution in [0.4, 0.5) is 0 Å². The second-order valence-corrected chi connectivity index (χ2v) is 7.91. The molecule has 0 radical (unpaired) electrons. The van der Waals surface area contributed by atoms with Crippen LogP contribution >= 0.6 is 0 Å². The van der Waals surface area contributed by atoms with Gasteiger partial charge in [0.2, 0.25) is 0 Å². The fraction of sp³-hybridized carbons (Fsp3) is 0.172. The van der Waals surface area contributed by atoms with Crippen molar-refractivity contribution in [2.75, 3.05) is 14.2 Å². The lowest BCUT2D eigenvalue weighted by molar-refractivity contribution is 0.356. The number of pyridine rings is 2. The third-order valence-electron chi connectivity index (χ3n) is 5.81. The number of hydrogen-bond donors (Lipinski definition) is 0. The molecule has 0 unspecified atom stereocenters. The Balaban J connectivity index is 0.00000259. The molecule has 0 saturated heterocycles. The van der Waals surface area contributed by atoms with Crippen LogP contribution in [-0.2, 0) is 6.42 Å². The monoisotopic (exact) mass is 436 g/mol. The van der Waals surface area contributed by atoms with Crippen molar-refractivity contribution < 1.29 is 9.47 Å². The maximum absolute atomic E-state index is 5.61. The molecule has 0 aliphatic carbocycles. The SMILES string of the molecule is C.COc1cc2c(Cc3ccc4nc(C)ccc4c3)cnc(-c3ccccc3)c2cc1OC. The van der Waals surface area contributed by atoms with E-state index in [2.05, 4.69) is 53.5 Å². The first kappa shape index (κ1) is 22.3. The minimum Gasteiger partial charge on any atom is -0.493 e. The summed E-state index contributed by atoms with van der Waals surface area (Å²) in [5, 5.41) is 3.30. The van der Waals surface area contributed by atoms with Crippen LogP contribution in [0.15, 0.2) is 79.0 Å². The Morgan fingerprint density at radius 2 is 1.52 bits per heavy atom. The smallest absolute Gasteiger partial charge is 0.161 e. The maximum atomic E-state index is 5.61. The lowest BCUT2D eigenvalue weighted by Crippen LogP contribution is -1.98. The van der Waals surface area contributed by atoms with Crippen molar-refractivity contribution in [3.8, 4) is 22.8 Å².